The standard InChI is InChI=1S/C18H19N3O2S/c1-13-5-6-14(2)16(10-13)21-8-7-19-18(21)24-12-17(22)20-11-15-4-3-9-23-15/h3-10H,11-12H2,1-2H3,(H,20,22). The molecule has 0 atom stereocenters. The van der Waals surface area contributed by atoms with Gasteiger partial charge in [-0.05, 0) is 43.2 Å². The molecule has 2 aromatic heterocycles. The SMILES string of the molecule is Cc1ccc(C)c(-n2ccnc2SCC(=O)NCc2ccco2)c1. The first-order valence-electron chi connectivity index (χ1n) is 7.66. The molecule has 0 aliphatic heterocycles. The molecule has 0 radical (unpaired) electrons. The van der Waals surface area contributed by atoms with Crippen molar-refractivity contribution in [3.63, 3.8) is 0 Å². The molecule has 0 saturated carbocycles. The van der Waals surface area contributed by atoms with Crippen LogP contribution < -0.4 is 5.32 Å². The van der Waals surface area contributed by atoms with Crippen molar-refractivity contribution < 1.29 is 9.21 Å². The van der Waals surface area contributed by atoms with Crippen molar-refractivity contribution >= 4 is 17.7 Å². The van der Waals surface area contributed by atoms with Crippen molar-refractivity contribution in [2.75, 3.05) is 5.75 Å². The van der Waals surface area contributed by atoms with Crippen LogP contribution in [0, 0.1) is 13.8 Å². The van der Waals surface area contributed by atoms with E-state index in [1.807, 2.05) is 16.8 Å². The van der Waals surface area contributed by atoms with Crippen LogP contribution in [-0.2, 0) is 11.3 Å². The second-order valence-electron chi connectivity index (χ2n) is 5.51. The molecule has 0 aliphatic rings. The lowest BCUT2D eigenvalue weighted by atomic mass is 10.1. The molecule has 0 aliphatic carbocycles. The Balaban J connectivity index is 1.63. The quantitative estimate of drug-likeness (QED) is 0.697. The summed E-state index contributed by atoms with van der Waals surface area (Å²) in [5.74, 6) is 1.000. The average Bonchev–Trinajstić information content (AvgIpc) is 3.24. The Morgan fingerprint density at radius 3 is 3.00 bits per heavy atom. The second-order valence-corrected chi connectivity index (χ2v) is 6.46. The van der Waals surface area contributed by atoms with E-state index in [-0.39, 0.29) is 5.91 Å². The van der Waals surface area contributed by atoms with E-state index in [0.717, 1.165) is 16.6 Å². The van der Waals surface area contributed by atoms with Gasteiger partial charge in [-0.2, -0.15) is 0 Å². The van der Waals surface area contributed by atoms with E-state index in [9.17, 15) is 4.79 Å². The Hall–Kier alpha value is -2.47. The van der Waals surface area contributed by atoms with Gasteiger partial charge in [-0.1, -0.05) is 23.9 Å². The third-order valence-corrected chi connectivity index (χ3v) is 4.57. The molecule has 2 heterocycles. The summed E-state index contributed by atoms with van der Waals surface area (Å²) in [5, 5.41) is 3.64. The molecule has 3 aromatic rings. The van der Waals surface area contributed by atoms with E-state index in [1.165, 1.54) is 22.9 Å². The second kappa shape index (κ2) is 7.40. The zero-order chi connectivity index (χ0) is 16.9. The summed E-state index contributed by atoms with van der Waals surface area (Å²) in [5.41, 5.74) is 3.45. The summed E-state index contributed by atoms with van der Waals surface area (Å²) in [6, 6.07) is 9.94. The van der Waals surface area contributed by atoms with Crippen molar-refractivity contribution in [2.45, 2.75) is 25.5 Å². The van der Waals surface area contributed by atoms with E-state index in [1.54, 1.807) is 18.5 Å². The molecular formula is C18H19N3O2S. The molecule has 0 bridgehead atoms. The minimum atomic E-state index is -0.0492. The van der Waals surface area contributed by atoms with Crippen LogP contribution >= 0.6 is 11.8 Å². The third-order valence-electron chi connectivity index (χ3n) is 3.60. The van der Waals surface area contributed by atoms with Crippen LogP contribution in [0.1, 0.15) is 16.9 Å². The Morgan fingerprint density at radius 2 is 2.21 bits per heavy atom. The van der Waals surface area contributed by atoms with Crippen LogP contribution in [0.25, 0.3) is 5.69 Å². The molecule has 24 heavy (non-hydrogen) atoms. The van der Waals surface area contributed by atoms with Crippen LogP contribution in [-0.4, -0.2) is 21.2 Å². The number of imidazole rings is 1. The fourth-order valence-corrected chi connectivity index (χ4v) is 3.13. The number of rotatable bonds is 6. The summed E-state index contributed by atoms with van der Waals surface area (Å²) in [6.07, 6.45) is 5.27. The van der Waals surface area contributed by atoms with Crippen molar-refractivity contribution in [1.82, 2.24) is 14.9 Å². The minimum Gasteiger partial charge on any atom is -0.467 e. The van der Waals surface area contributed by atoms with Gasteiger partial charge in [-0.25, -0.2) is 4.98 Å². The lowest BCUT2D eigenvalue weighted by molar-refractivity contribution is -0.118. The molecule has 6 heteroatoms. The highest BCUT2D eigenvalue weighted by Gasteiger charge is 2.11. The van der Waals surface area contributed by atoms with Gasteiger partial charge >= 0.3 is 0 Å². The van der Waals surface area contributed by atoms with Gasteiger partial charge in [0, 0.05) is 12.4 Å². The number of aromatic nitrogens is 2. The van der Waals surface area contributed by atoms with Gasteiger partial charge in [0.1, 0.15) is 5.76 Å². The van der Waals surface area contributed by atoms with Crippen molar-refractivity contribution in [3.05, 3.63) is 65.9 Å². The fraction of sp³-hybridized carbons (Fsp3) is 0.222. The number of hydrogen-bond donors (Lipinski definition) is 1. The molecule has 0 saturated heterocycles. The van der Waals surface area contributed by atoms with Crippen LogP contribution in [0.3, 0.4) is 0 Å². The predicted molar refractivity (Wildman–Crippen MR) is 94.3 cm³/mol. The van der Waals surface area contributed by atoms with Gasteiger partial charge in [0.05, 0.1) is 24.2 Å². The van der Waals surface area contributed by atoms with E-state index >= 15 is 0 Å². The van der Waals surface area contributed by atoms with Crippen molar-refractivity contribution in [3.8, 4) is 5.69 Å². The minimum absolute atomic E-state index is 0.0492. The molecular weight excluding hydrogens is 322 g/mol. The molecule has 0 spiro atoms. The number of amides is 1. The molecule has 124 valence electrons. The molecule has 1 amide bonds. The summed E-state index contributed by atoms with van der Waals surface area (Å²) in [4.78, 5) is 16.4. The van der Waals surface area contributed by atoms with Gasteiger partial charge in [0.25, 0.3) is 0 Å². The fourth-order valence-electron chi connectivity index (χ4n) is 2.34. The number of nitrogens with one attached hydrogen (secondary N) is 1. The molecule has 1 N–H and O–H groups in total. The lowest BCUT2D eigenvalue weighted by Gasteiger charge is -2.11. The number of carbonyl (C=O) groups excluding carboxylic acids is 1. The first kappa shape index (κ1) is 16.4. The van der Waals surface area contributed by atoms with Gasteiger partial charge in [0.2, 0.25) is 5.91 Å². The number of thioether (sulfide) groups is 1. The van der Waals surface area contributed by atoms with Gasteiger partial charge in [0.15, 0.2) is 5.16 Å². The number of benzene rings is 1. The van der Waals surface area contributed by atoms with Crippen LogP contribution in [0.4, 0.5) is 0 Å². The highest BCUT2D eigenvalue weighted by atomic mass is 32.2. The summed E-state index contributed by atoms with van der Waals surface area (Å²) >= 11 is 1.42. The normalized spacial score (nSPS) is 10.8. The van der Waals surface area contributed by atoms with Crippen LogP contribution in [0.15, 0.2) is 58.6 Å². The molecule has 0 fully saturated rings. The van der Waals surface area contributed by atoms with E-state index < -0.39 is 0 Å². The highest BCUT2D eigenvalue weighted by molar-refractivity contribution is 7.99. The number of nitrogens with zero attached hydrogens (tertiary/aromatic N) is 2. The maximum absolute atomic E-state index is 12.0. The smallest absolute Gasteiger partial charge is 0.230 e. The Kier molecular flexibility index (Phi) is 5.05. The maximum atomic E-state index is 12.0. The van der Waals surface area contributed by atoms with Gasteiger partial charge in [-0.15, -0.1) is 0 Å². The predicted octanol–water partition coefficient (Wildman–Crippen LogP) is 3.49. The topological polar surface area (TPSA) is 60.1 Å². The number of furan rings is 1. The molecule has 3 rings (SSSR count). The van der Waals surface area contributed by atoms with Crippen LogP contribution in [0.5, 0.6) is 0 Å². The molecule has 0 unspecified atom stereocenters. The first-order valence-corrected chi connectivity index (χ1v) is 8.65. The largest absolute Gasteiger partial charge is 0.467 e. The number of hydrogen-bond acceptors (Lipinski definition) is 4. The summed E-state index contributed by atoms with van der Waals surface area (Å²) < 4.78 is 7.22. The van der Waals surface area contributed by atoms with Gasteiger partial charge in [-0.3, -0.25) is 9.36 Å². The van der Waals surface area contributed by atoms with E-state index in [0.29, 0.717) is 12.3 Å². The third kappa shape index (κ3) is 3.89. The monoisotopic (exact) mass is 341 g/mol. The first-order chi connectivity index (χ1) is 11.6. The van der Waals surface area contributed by atoms with E-state index in [4.69, 9.17) is 4.42 Å². The van der Waals surface area contributed by atoms with Crippen molar-refractivity contribution in [1.29, 1.82) is 0 Å². The van der Waals surface area contributed by atoms with Crippen molar-refractivity contribution in [2.24, 2.45) is 0 Å². The average molecular weight is 341 g/mol. The van der Waals surface area contributed by atoms with E-state index in [2.05, 4.69) is 42.3 Å². The molecule has 5 nitrogen and oxygen atoms in total. The van der Waals surface area contributed by atoms with Crippen LogP contribution in [0.2, 0.25) is 0 Å². The molecule has 1 aromatic carbocycles. The summed E-state index contributed by atoms with van der Waals surface area (Å²) in [6.45, 7) is 4.53. The lowest BCUT2D eigenvalue weighted by Crippen LogP contribution is -2.24. The zero-order valence-electron chi connectivity index (χ0n) is 13.7. The summed E-state index contributed by atoms with van der Waals surface area (Å²) in [7, 11) is 0. The number of carbonyl (C=O) groups is 1. The number of aryl methyl sites for hydroxylation is 2. The zero-order valence-corrected chi connectivity index (χ0v) is 14.5. The Morgan fingerprint density at radius 1 is 1.33 bits per heavy atom. The maximum Gasteiger partial charge on any atom is 0.230 e. The highest BCUT2D eigenvalue weighted by Crippen LogP contribution is 2.23. The van der Waals surface area contributed by atoms with Gasteiger partial charge < -0.3 is 9.73 Å². The Labute approximate surface area is 145 Å². The Bertz CT molecular complexity index is 825.